The molecule has 1 heterocycles. The Hall–Kier alpha value is -1.61. The monoisotopic (exact) mass is 205 g/mol. The van der Waals surface area contributed by atoms with Gasteiger partial charge in [-0.3, -0.25) is 0 Å². The molecule has 0 aliphatic rings. The third-order valence-electron chi connectivity index (χ3n) is 1.80. The number of hydrogen-bond acceptors (Lipinski definition) is 3. The van der Waals surface area contributed by atoms with Gasteiger partial charge in [0.1, 0.15) is 0 Å². The first-order chi connectivity index (χ1) is 6.75. The van der Waals surface area contributed by atoms with Gasteiger partial charge >= 0.3 is 0 Å². The molecule has 2 N–H and O–H groups in total. The molecule has 0 atom stereocenters. The van der Waals surface area contributed by atoms with E-state index in [4.69, 9.17) is 17.3 Å². The van der Waals surface area contributed by atoms with Crippen LogP contribution in [0, 0.1) is 0 Å². The molecular weight excluding hydrogens is 198 g/mol. The maximum atomic E-state index is 5.86. The van der Waals surface area contributed by atoms with Gasteiger partial charge in [0.15, 0.2) is 0 Å². The minimum atomic E-state index is 0.593. The van der Waals surface area contributed by atoms with Gasteiger partial charge in [0.25, 0.3) is 0 Å². The van der Waals surface area contributed by atoms with Crippen molar-refractivity contribution < 1.29 is 0 Å². The summed E-state index contributed by atoms with van der Waals surface area (Å²) in [6.07, 6.45) is 1.51. The average molecular weight is 206 g/mol. The number of benzene rings is 1. The number of nitrogens with zero attached hydrogens (tertiary/aromatic N) is 2. The second-order valence-corrected chi connectivity index (χ2v) is 3.32. The lowest BCUT2D eigenvalue weighted by Gasteiger charge is -2.00. The molecule has 0 saturated heterocycles. The summed E-state index contributed by atoms with van der Waals surface area (Å²) in [7, 11) is 0. The zero-order valence-corrected chi connectivity index (χ0v) is 8.07. The van der Waals surface area contributed by atoms with Crippen molar-refractivity contribution in [3.8, 4) is 11.3 Å². The lowest BCUT2D eigenvalue weighted by Crippen LogP contribution is -1.91. The molecule has 0 spiro atoms. The molecule has 0 aliphatic heterocycles. The molecule has 0 amide bonds. The molecule has 0 radical (unpaired) electrons. The largest absolute Gasteiger partial charge is 0.397 e. The number of rotatable bonds is 1. The van der Waals surface area contributed by atoms with Crippen molar-refractivity contribution in [3.05, 3.63) is 41.6 Å². The lowest BCUT2D eigenvalue weighted by atomic mass is 10.1. The van der Waals surface area contributed by atoms with E-state index in [2.05, 4.69) is 10.2 Å². The van der Waals surface area contributed by atoms with Gasteiger partial charge in [-0.25, -0.2) is 0 Å². The van der Waals surface area contributed by atoms with Crippen LogP contribution in [0.15, 0.2) is 36.5 Å². The first-order valence-corrected chi connectivity index (χ1v) is 4.47. The van der Waals surface area contributed by atoms with Gasteiger partial charge in [-0.2, -0.15) is 10.2 Å². The maximum Gasteiger partial charge on any atom is 0.0950 e. The van der Waals surface area contributed by atoms with Crippen LogP contribution in [0.25, 0.3) is 11.3 Å². The zero-order valence-electron chi connectivity index (χ0n) is 7.31. The fourth-order valence-electron chi connectivity index (χ4n) is 1.17. The first kappa shape index (κ1) is 8.97. The van der Waals surface area contributed by atoms with Gasteiger partial charge < -0.3 is 5.73 Å². The van der Waals surface area contributed by atoms with E-state index < -0.39 is 0 Å². The molecule has 4 heteroatoms. The summed E-state index contributed by atoms with van der Waals surface area (Å²) in [5, 5.41) is 8.41. The smallest absolute Gasteiger partial charge is 0.0950 e. The molecular formula is C10H8ClN3. The summed E-state index contributed by atoms with van der Waals surface area (Å²) in [6, 6.07) is 9.17. The summed E-state index contributed by atoms with van der Waals surface area (Å²) in [5.74, 6) is 0. The van der Waals surface area contributed by atoms with E-state index in [0.29, 0.717) is 10.7 Å². The molecule has 0 bridgehead atoms. The highest BCUT2D eigenvalue weighted by Crippen LogP contribution is 2.21. The normalized spacial score (nSPS) is 10.1. The Morgan fingerprint density at radius 1 is 1.21 bits per heavy atom. The molecule has 1 aromatic heterocycles. The van der Waals surface area contributed by atoms with E-state index in [1.807, 2.05) is 24.3 Å². The van der Waals surface area contributed by atoms with Crippen molar-refractivity contribution in [1.29, 1.82) is 0 Å². The fourth-order valence-corrected chi connectivity index (χ4v) is 1.36. The quantitative estimate of drug-likeness (QED) is 0.778. The number of nitrogen functional groups attached to an aromatic ring is 1. The Kier molecular flexibility index (Phi) is 2.33. The van der Waals surface area contributed by atoms with Gasteiger partial charge in [0.05, 0.1) is 17.6 Å². The molecule has 0 aliphatic carbocycles. The van der Waals surface area contributed by atoms with Crippen LogP contribution in [-0.4, -0.2) is 10.2 Å². The van der Waals surface area contributed by atoms with Crippen LogP contribution >= 0.6 is 11.6 Å². The second-order valence-electron chi connectivity index (χ2n) is 2.88. The van der Waals surface area contributed by atoms with Crippen LogP contribution in [-0.2, 0) is 0 Å². The van der Waals surface area contributed by atoms with Crippen LogP contribution in [0.1, 0.15) is 0 Å². The molecule has 3 nitrogen and oxygen atoms in total. The van der Waals surface area contributed by atoms with Crippen molar-refractivity contribution >= 4 is 17.3 Å². The Balaban J connectivity index is 2.49. The highest BCUT2D eigenvalue weighted by molar-refractivity contribution is 6.30. The van der Waals surface area contributed by atoms with Gasteiger partial charge in [0, 0.05) is 10.6 Å². The number of nitrogens with two attached hydrogens (primary N) is 1. The summed E-state index contributed by atoms with van der Waals surface area (Å²) < 4.78 is 0. The average Bonchev–Trinajstić information content (AvgIpc) is 2.18. The Labute approximate surface area is 86.5 Å². The minimum Gasteiger partial charge on any atom is -0.397 e. The molecule has 0 saturated carbocycles. The van der Waals surface area contributed by atoms with Crippen LogP contribution in [0.5, 0.6) is 0 Å². The number of hydrogen-bond donors (Lipinski definition) is 1. The van der Waals surface area contributed by atoms with Gasteiger partial charge in [-0.05, 0) is 18.2 Å². The molecule has 2 rings (SSSR count). The highest BCUT2D eigenvalue weighted by Gasteiger charge is 2.00. The van der Waals surface area contributed by atoms with Crippen LogP contribution in [0.3, 0.4) is 0 Å². The number of halogens is 1. The molecule has 0 fully saturated rings. The highest BCUT2D eigenvalue weighted by atomic mass is 35.5. The van der Waals surface area contributed by atoms with E-state index in [-0.39, 0.29) is 0 Å². The second kappa shape index (κ2) is 3.64. The minimum absolute atomic E-state index is 0.593. The van der Waals surface area contributed by atoms with Crippen LogP contribution in [0.2, 0.25) is 5.02 Å². The Bertz CT molecular complexity index is 413. The summed E-state index contributed by atoms with van der Waals surface area (Å²) in [5.41, 5.74) is 7.83. The van der Waals surface area contributed by atoms with Crippen molar-refractivity contribution in [2.75, 3.05) is 5.73 Å². The topological polar surface area (TPSA) is 51.8 Å². The van der Waals surface area contributed by atoms with Crippen molar-refractivity contribution in [3.63, 3.8) is 0 Å². The number of aromatic nitrogens is 2. The van der Waals surface area contributed by atoms with Gasteiger partial charge in [0.2, 0.25) is 0 Å². The Morgan fingerprint density at radius 2 is 2.07 bits per heavy atom. The summed E-state index contributed by atoms with van der Waals surface area (Å²) >= 11 is 5.86. The standard InChI is InChI=1S/C10H8ClN3/c11-8-3-1-2-7(4-8)10-5-9(12)6-13-14-10/h1-6H,(H2,12,14). The lowest BCUT2D eigenvalue weighted by molar-refractivity contribution is 1.04. The van der Waals surface area contributed by atoms with Crippen molar-refractivity contribution in [1.82, 2.24) is 10.2 Å². The van der Waals surface area contributed by atoms with Crippen LogP contribution in [0.4, 0.5) is 5.69 Å². The molecule has 2 aromatic rings. The SMILES string of the molecule is Nc1cnnc(-c2cccc(Cl)c2)c1. The van der Waals surface area contributed by atoms with E-state index >= 15 is 0 Å². The van der Waals surface area contributed by atoms with E-state index in [1.165, 1.54) is 6.20 Å². The predicted molar refractivity (Wildman–Crippen MR) is 56.9 cm³/mol. The third kappa shape index (κ3) is 1.83. The summed E-state index contributed by atoms with van der Waals surface area (Å²) in [4.78, 5) is 0. The summed E-state index contributed by atoms with van der Waals surface area (Å²) in [6.45, 7) is 0. The molecule has 70 valence electrons. The number of anilines is 1. The van der Waals surface area contributed by atoms with Gasteiger partial charge in [-0.15, -0.1) is 0 Å². The zero-order chi connectivity index (χ0) is 9.97. The third-order valence-corrected chi connectivity index (χ3v) is 2.03. The fraction of sp³-hybridized carbons (Fsp3) is 0. The van der Waals surface area contributed by atoms with Crippen LogP contribution < -0.4 is 5.73 Å². The first-order valence-electron chi connectivity index (χ1n) is 4.10. The molecule has 0 unspecified atom stereocenters. The Morgan fingerprint density at radius 3 is 2.79 bits per heavy atom. The van der Waals surface area contributed by atoms with E-state index in [9.17, 15) is 0 Å². The van der Waals surface area contributed by atoms with Crippen molar-refractivity contribution in [2.24, 2.45) is 0 Å². The molecule has 1 aromatic carbocycles. The van der Waals surface area contributed by atoms with Crippen molar-refractivity contribution in [2.45, 2.75) is 0 Å². The van der Waals surface area contributed by atoms with E-state index in [0.717, 1.165) is 11.3 Å². The predicted octanol–water partition coefficient (Wildman–Crippen LogP) is 2.38. The van der Waals surface area contributed by atoms with E-state index in [1.54, 1.807) is 6.07 Å². The molecule has 14 heavy (non-hydrogen) atoms. The maximum absolute atomic E-state index is 5.86. The van der Waals surface area contributed by atoms with Gasteiger partial charge in [-0.1, -0.05) is 23.7 Å².